The third-order valence-corrected chi connectivity index (χ3v) is 4.26. The van der Waals surface area contributed by atoms with Gasteiger partial charge in [0.15, 0.2) is 0 Å². The zero-order chi connectivity index (χ0) is 17.3. The molecule has 2 heterocycles. The fourth-order valence-electron chi connectivity index (χ4n) is 2.99. The molecule has 0 radical (unpaired) electrons. The monoisotopic (exact) mass is 332 g/mol. The maximum atomic E-state index is 11.0. The van der Waals surface area contributed by atoms with E-state index < -0.39 is 6.09 Å². The number of amides is 1. The highest BCUT2D eigenvalue weighted by atomic mass is 16.5. The summed E-state index contributed by atoms with van der Waals surface area (Å²) in [4.78, 5) is 30.2. The number of carbonyl (C=O) groups excluding carboxylic acids is 1. The first-order chi connectivity index (χ1) is 11.5. The van der Waals surface area contributed by atoms with Crippen LogP contribution in [0.4, 0.5) is 10.5 Å². The molecule has 1 aliphatic heterocycles. The van der Waals surface area contributed by atoms with Crippen LogP contribution in [0.2, 0.25) is 0 Å². The number of nitrogens with zero attached hydrogens (tertiary/aromatic N) is 4. The van der Waals surface area contributed by atoms with E-state index in [4.69, 9.17) is 9.84 Å². The number of carboxylic acid groups (broad SMARTS) is 1. The number of ether oxygens (including phenoxy) is 1. The standard InChI is InChI=1S/C16H20N4O4/c1-11(21)24-10-14-17-12-4-3-5-13(15(12)18(14)2)19-6-8-20(9-7-19)16(22)23/h3-5H,6-10H2,1-2H3,(H,22,23). The van der Waals surface area contributed by atoms with Gasteiger partial charge in [0.1, 0.15) is 12.4 Å². The minimum Gasteiger partial charge on any atom is -0.465 e. The van der Waals surface area contributed by atoms with E-state index in [0.29, 0.717) is 32.0 Å². The summed E-state index contributed by atoms with van der Waals surface area (Å²) in [6.07, 6.45) is -0.878. The molecule has 24 heavy (non-hydrogen) atoms. The summed E-state index contributed by atoms with van der Waals surface area (Å²) in [5.74, 6) is 0.337. The predicted molar refractivity (Wildman–Crippen MR) is 88.0 cm³/mol. The second kappa shape index (κ2) is 6.38. The molecule has 0 saturated carbocycles. The highest BCUT2D eigenvalue weighted by molar-refractivity contribution is 5.89. The number of esters is 1. The van der Waals surface area contributed by atoms with Gasteiger partial charge in [-0.1, -0.05) is 6.07 Å². The molecule has 0 bridgehead atoms. The van der Waals surface area contributed by atoms with Crippen LogP contribution in [0.3, 0.4) is 0 Å². The summed E-state index contributed by atoms with van der Waals surface area (Å²) in [5.41, 5.74) is 2.81. The van der Waals surface area contributed by atoms with Gasteiger partial charge < -0.3 is 24.2 Å². The Morgan fingerprint density at radius 3 is 2.58 bits per heavy atom. The maximum Gasteiger partial charge on any atom is 0.407 e. The smallest absolute Gasteiger partial charge is 0.407 e. The lowest BCUT2D eigenvalue weighted by Crippen LogP contribution is -2.48. The highest BCUT2D eigenvalue weighted by Crippen LogP contribution is 2.28. The van der Waals surface area contributed by atoms with E-state index in [1.54, 1.807) is 0 Å². The molecule has 8 nitrogen and oxygen atoms in total. The molecule has 1 aromatic heterocycles. The van der Waals surface area contributed by atoms with Crippen molar-refractivity contribution in [1.29, 1.82) is 0 Å². The van der Waals surface area contributed by atoms with E-state index in [2.05, 4.69) is 9.88 Å². The van der Waals surface area contributed by atoms with Crippen molar-refractivity contribution in [3.8, 4) is 0 Å². The third-order valence-electron chi connectivity index (χ3n) is 4.26. The fraction of sp³-hybridized carbons (Fsp3) is 0.438. The van der Waals surface area contributed by atoms with Crippen molar-refractivity contribution in [3.63, 3.8) is 0 Å². The molecular formula is C16H20N4O4. The molecule has 1 saturated heterocycles. The van der Waals surface area contributed by atoms with E-state index in [1.165, 1.54) is 11.8 Å². The number of aromatic nitrogens is 2. The lowest BCUT2D eigenvalue weighted by molar-refractivity contribution is -0.142. The summed E-state index contributed by atoms with van der Waals surface area (Å²) in [6, 6.07) is 5.86. The molecule has 0 aliphatic carbocycles. The summed E-state index contributed by atoms with van der Waals surface area (Å²) < 4.78 is 6.98. The van der Waals surface area contributed by atoms with E-state index in [0.717, 1.165) is 16.7 Å². The van der Waals surface area contributed by atoms with Gasteiger partial charge in [-0.15, -0.1) is 0 Å². The molecule has 0 spiro atoms. The average Bonchev–Trinajstić information content (AvgIpc) is 2.89. The number of carbonyl (C=O) groups is 2. The summed E-state index contributed by atoms with van der Waals surface area (Å²) >= 11 is 0. The first kappa shape index (κ1) is 16.1. The average molecular weight is 332 g/mol. The summed E-state index contributed by atoms with van der Waals surface area (Å²) in [6.45, 7) is 3.72. The Morgan fingerprint density at radius 2 is 1.96 bits per heavy atom. The minimum absolute atomic E-state index is 0.132. The van der Waals surface area contributed by atoms with Gasteiger partial charge in [-0.05, 0) is 12.1 Å². The SMILES string of the molecule is CC(=O)OCc1nc2cccc(N3CCN(C(=O)O)CC3)c2n1C. The van der Waals surface area contributed by atoms with Crippen LogP contribution in [-0.2, 0) is 23.2 Å². The largest absolute Gasteiger partial charge is 0.465 e. The Kier molecular flexibility index (Phi) is 4.28. The third kappa shape index (κ3) is 2.99. The fourth-order valence-corrected chi connectivity index (χ4v) is 2.99. The van der Waals surface area contributed by atoms with Crippen LogP contribution in [0, 0.1) is 0 Å². The summed E-state index contributed by atoms with van der Waals surface area (Å²) in [5, 5.41) is 9.07. The van der Waals surface area contributed by atoms with Gasteiger partial charge >= 0.3 is 12.1 Å². The van der Waals surface area contributed by atoms with Crippen LogP contribution in [0.5, 0.6) is 0 Å². The predicted octanol–water partition coefficient (Wildman–Crippen LogP) is 1.44. The molecule has 1 amide bonds. The van der Waals surface area contributed by atoms with Gasteiger partial charge in [0.25, 0.3) is 0 Å². The molecule has 1 N–H and O–H groups in total. The summed E-state index contributed by atoms with van der Waals surface area (Å²) in [7, 11) is 1.89. The van der Waals surface area contributed by atoms with Crippen LogP contribution in [0.1, 0.15) is 12.7 Å². The molecule has 8 heteroatoms. The van der Waals surface area contributed by atoms with Crippen LogP contribution in [0.25, 0.3) is 11.0 Å². The zero-order valence-corrected chi connectivity index (χ0v) is 13.7. The number of benzene rings is 1. The maximum absolute atomic E-state index is 11.0. The Hall–Kier alpha value is -2.77. The number of para-hydroxylation sites is 1. The second-order valence-electron chi connectivity index (χ2n) is 5.77. The van der Waals surface area contributed by atoms with Crippen molar-refractivity contribution in [2.75, 3.05) is 31.1 Å². The number of hydrogen-bond acceptors (Lipinski definition) is 5. The van der Waals surface area contributed by atoms with E-state index >= 15 is 0 Å². The van der Waals surface area contributed by atoms with Gasteiger partial charge in [0, 0.05) is 40.2 Å². The normalized spacial score (nSPS) is 14.9. The molecule has 2 aromatic rings. The number of piperazine rings is 1. The number of imidazole rings is 1. The molecule has 1 fully saturated rings. The van der Waals surface area contributed by atoms with E-state index in [-0.39, 0.29) is 12.6 Å². The van der Waals surface area contributed by atoms with Gasteiger partial charge in [-0.25, -0.2) is 9.78 Å². The van der Waals surface area contributed by atoms with Gasteiger partial charge in [0.05, 0.1) is 16.7 Å². The number of rotatable bonds is 3. The molecular weight excluding hydrogens is 312 g/mol. The van der Waals surface area contributed by atoms with Crippen LogP contribution < -0.4 is 4.90 Å². The highest BCUT2D eigenvalue weighted by Gasteiger charge is 2.23. The van der Waals surface area contributed by atoms with Gasteiger partial charge in [-0.3, -0.25) is 4.79 Å². The molecule has 3 rings (SSSR count). The first-order valence-corrected chi connectivity index (χ1v) is 7.78. The van der Waals surface area contributed by atoms with Crippen LogP contribution in [-0.4, -0.2) is 57.8 Å². The molecule has 0 atom stereocenters. The minimum atomic E-state index is -0.878. The first-order valence-electron chi connectivity index (χ1n) is 7.78. The Morgan fingerprint density at radius 1 is 1.25 bits per heavy atom. The van der Waals surface area contributed by atoms with Crippen molar-refractivity contribution in [2.45, 2.75) is 13.5 Å². The molecule has 0 unspecified atom stereocenters. The van der Waals surface area contributed by atoms with E-state index in [9.17, 15) is 9.59 Å². The van der Waals surface area contributed by atoms with Crippen LogP contribution >= 0.6 is 0 Å². The number of fused-ring (bicyclic) bond motifs is 1. The quantitative estimate of drug-likeness (QED) is 0.856. The van der Waals surface area contributed by atoms with Crippen molar-refractivity contribution >= 4 is 28.8 Å². The van der Waals surface area contributed by atoms with Crippen molar-refractivity contribution in [3.05, 3.63) is 24.0 Å². The van der Waals surface area contributed by atoms with Crippen molar-refractivity contribution < 1.29 is 19.4 Å². The Balaban J connectivity index is 1.89. The molecule has 1 aliphatic rings. The number of hydrogen-bond donors (Lipinski definition) is 1. The molecule has 128 valence electrons. The van der Waals surface area contributed by atoms with Crippen LogP contribution in [0.15, 0.2) is 18.2 Å². The lowest BCUT2D eigenvalue weighted by atomic mass is 10.2. The Labute approximate surface area is 139 Å². The Bertz CT molecular complexity index is 778. The number of anilines is 1. The van der Waals surface area contributed by atoms with Gasteiger partial charge in [0.2, 0.25) is 0 Å². The van der Waals surface area contributed by atoms with Gasteiger partial charge in [-0.2, -0.15) is 0 Å². The second-order valence-corrected chi connectivity index (χ2v) is 5.77. The number of aryl methyl sites for hydroxylation is 1. The lowest BCUT2D eigenvalue weighted by Gasteiger charge is -2.35. The zero-order valence-electron chi connectivity index (χ0n) is 13.7. The molecule has 1 aromatic carbocycles. The van der Waals surface area contributed by atoms with Crippen molar-refractivity contribution in [2.24, 2.45) is 7.05 Å². The van der Waals surface area contributed by atoms with E-state index in [1.807, 2.05) is 29.8 Å². The topological polar surface area (TPSA) is 87.9 Å². The van der Waals surface area contributed by atoms with Crippen molar-refractivity contribution in [1.82, 2.24) is 14.5 Å².